The lowest BCUT2D eigenvalue weighted by Crippen LogP contribution is -2.42. The third-order valence-electron chi connectivity index (χ3n) is 8.67. The fraction of sp³-hybridized carbons (Fsp3) is 0.621. The summed E-state index contributed by atoms with van der Waals surface area (Å²) in [5.41, 5.74) is 2.76. The van der Waals surface area contributed by atoms with E-state index in [1.165, 1.54) is 15.4 Å². The Balaban J connectivity index is 1.27. The second kappa shape index (κ2) is 13.0. The molecule has 16 heteroatoms. The lowest BCUT2D eigenvalue weighted by Gasteiger charge is -2.31. The first-order valence-corrected chi connectivity index (χ1v) is 17.2. The largest absolute Gasteiger partial charge is 0.451 e. The van der Waals surface area contributed by atoms with Gasteiger partial charge in [-0.25, -0.2) is 27.4 Å². The molecule has 12 nitrogen and oxygen atoms in total. The zero-order chi connectivity index (χ0) is 31.8. The molecule has 2 aromatic heterocycles. The van der Waals surface area contributed by atoms with Gasteiger partial charge >= 0.3 is 6.18 Å². The molecule has 2 fully saturated rings. The fourth-order valence-corrected chi connectivity index (χ4v) is 7.20. The Kier molecular flexibility index (Phi) is 9.21. The number of ether oxygens (including phenoxy) is 1. The van der Waals surface area contributed by atoms with Crippen LogP contribution in [0.5, 0.6) is 0 Å². The van der Waals surface area contributed by atoms with Crippen LogP contribution in [0.3, 0.4) is 0 Å². The first-order chi connectivity index (χ1) is 21.5. The highest BCUT2D eigenvalue weighted by atomic mass is 32.2. The number of sulfonamides is 1. The van der Waals surface area contributed by atoms with E-state index in [-0.39, 0.29) is 48.3 Å². The number of β-amino-alcohol motifs (C(OH)–C–C–N with tert-alkyl or cyclic N) is 1. The van der Waals surface area contributed by atoms with Crippen LogP contribution in [0.4, 0.5) is 24.8 Å². The van der Waals surface area contributed by atoms with Gasteiger partial charge in [0.25, 0.3) is 0 Å². The first kappa shape index (κ1) is 31.9. The van der Waals surface area contributed by atoms with Gasteiger partial charge in [-0.1, -0.05) is 24.3 Å². The third-order valence-corrected chi connectivity index (χ3v) is 9.98. The van der Waals surface area contributed by atoms with Crippen molar-refractivity contribution in [2.45, 2.75) is 69.6 Å². The predicted molar refractivity (Wildman–Crippen MR) is 162 cm³/mol. The molecule has 3 N–H and O–H groups in total. The molecule has 2 atom stereocenters. The van der Waals surface area contributed by atoms with E-state index in [1.54, 1.807) is 4.68 Å². The summed E-state index contributed by atoms with van der Waals surface area (Å²) in [4.78, 5) is 9.99. The van der Waals surface area contributed by atoms with Crippen molar-refractivity contribution in [1.82, 2.24) is 29.0 Å². The molecule has 0 saturated carbocycles. The van der Waals surface area contributed by atoms with E-state index in [2.05, 4.69) is 42.7 Å². The Morgan fingerprint density at radius 2 is 1.82 bits per heavy atom. The van der Waals surface area contributed by atoms with Gasteiger partial charge in [0.2, 0.25) is 15.8 Å². The van der Waals surface area contributed by atoms with Gasteiger partial charge in [-0.15, -0.1) is 5.10 Å². The van der Waals surface area contributed by atoms with E-state index in [0.29, 0.717) is 39.0 Å². The van der Waals surface area contributed by atoms with Crippen LogP contribution in [-0.4, -0.2) is 100 Å². The Morgan fingerprint density at radius 1 is 1.07 bits per heavy atom. The zero-order valence-corrected chi connectivity index (χ0v) is 25.9. The van der Waals surface area contributed by atoms with Gasteiger partial charge in [-0.2, -0.15) is 13.2 Å². The highest BCUT2D eigenvalue weighted by Gasteiger charge is 2.38. The first-order valence-electron chi connectivity index (χ1n) is 15.4. The molecule has 3 aliphatic heterocycles. The van der Waals surface area contributed by atoms with Crippen LogP contribution >= 0.6 is 0 Å². The van der Waals surface area contributed by atoms with Crippen LogP contribution in [0.25, 0.3) is 11.0 Å². The van der Waals surface area contributed by atoms with E-state index in [4.69, 9.17) is 4.74 Å². The van der Waals surface area contributed by atoms with E-state index in [9.17, 15) is 26.7 Å². The van der Waals surface area contributed by atoms with Crippen molar-refractivity contribution in [3.8, 4) is 0 Å². The number of aliphatic hydroxyl groups is 1. The maximum Gasteiger partial charge on any atom is 0.451 e. The molecule has 0 amide bonds. The zero-order valence-electron chi connectivity index (χ0n) is 25.1. The maximum atomic E-state index is 14.1. The van der Waals surface area contributed by atoms with E-state index < -0.39 is 34.4 Å². The van der Waals surface area contributed by atoms with Gasteiger partial charge in [0.05, 0.1) is 12.4 Å². The second-order valence-corrected chi connectivity index (χ2v) is 14.1. The van der Waals surface area contributed by atoms with Gasteiger partial charge in [0.1, 0.15) is 11.0 Å². The number of anilines is 2. The number of aliphatic hydroxyl groups excluding tert-OH is 1. The minimum atomic E-state index is -4.82. The van der Waals surface area contributed by atoms with Crippen molar-refractivity contribution in [3.63, 3.8) is 0 Å². The quantitative estimate of drug-likeness (QED) is 0.316. The number of hydrogen-bond donors (Lipinski definition) is 3. The van der Waals surface area contributed by atoms with E-state index in [1.807, 2.05) is 12.1 Å². The summed E-state index contributed by atoms with van der Waals surface area (Å²) in [7, 11) is -3.37. The molecule has 3 aliphatic rings. The monoisotopic (exact) mass is 652 g/mol. The van der Waals surface area contributed by atoms with Crippen LogP contribution in [0.15, 0.2) is 24.3 Å². The second-order valence-electron chi connectivity index (χ2n) is 12.1. The number of fused-ring (bicyclic) bond motifs is 2. The molecule has 246 valence electrons. The Bertz CT molecular complexity index is 1600. The highest BCUT2D eigenvalue weighted by Crippen LogP contribution is 2.37. The smallest absolute Gasteiger partial charge is 0.390 e. The molecular weight excluding hydrogens is 613 g/mol. The molecule has 3 aromatic rings. The standard InChI is InChI=1S/C29H39F3N8O4S/c1-45(42,43)39-13-10-21(11-14-39)34-27-25-24(35-28(36-27)29(30,31)32)26(37-40(25)23-8-4-5-15-44-23)33-16-22(41)18-38-12-9-19-6-2-3-7-20(19)17-38/h2-3,6-7,21-23,41H,4-5,8-18H2,1H3,(H,33,37)(H,34,35,36)/t22-,23?/m0/s1. The summed E-state index contributed by atoms with van der Waals surface area (Å²) in [5, 5.41) is 21.8. The van der Waals surface area contributed by atoms with Crippen molar-refractivity contribution in [3.05, 3.63) is 41.2 Å². The number of aromatic nitrogens is 4. The van der Waals surface area contributed by atoms with Crippen molar-refractivity contribution in [2.24, 2.45) is 0 Å². The van der Waals surface area contributed by atoms with E-state index >= 15 is 0 Å². The number of nitrogens with one attached hydrogen (secondary N) is 2. The van der Waals surface area contributed by atoms with Crippen molar-refractivity contribution >= 4 is 32.7 Å². The SMILES string of the molecule is CS(=O)(=O)N1CCC(Nc2nc(C(F)(F)F)nc3c(NC[C@H](O)CN4CCc5ccccc5C4)nn(C4CCCCO4)c23)CC1. The maximum absolute atomic E-state index is 14.1. The van der Waals surface area contributed by atoms with Crippen LogP contribution in [0.2, 0.25) is 0 Å². The van der Waals surface area contributed by atoms with Crippen LogP contribution in [0.1, 0.15) is 55.3 Å². The Hall–Kier alpha value is -3.05. The number of nitrogens with zero attached hydrogens (tertiary/aromatic N) is 6. The molecule has 2 saturated heterocycles. The molecule has 1 unspecified atom stereocenters. The van der Waals surface area contributed by atoms with Gasteiger partial charge < -0.3 is 20.5 Å². The summed E-state index contributed by atoms with van der Waals surface area (Å²) in [6.07, 6.45) is -1.01. The molecule has 0 spiro atoms. The predicted octanol–water partition coefficient (Wildman–Crippen LogP) is 3.21. The fourth-order valence-electron chi connectivity index (χ4n) is 6.33. The minimum absolute atomic E-state index is 0.0262. The average Bonchev–Trinajstić information content (AvgIpc) is 3.39. The lowest BCUT2D eigenvalue weighted by molar-refractivity contribution is -0.144. The number of alkyl halides is 3. The number of hydrogen-bond acceptors (Lipinski definition) is 10. The average molecular weight is 653 g/mol. The molecule has 6 rings (SSSR count). The molecule has 45 heavy (non-hydrogen) atoms. The van der Waals surface area contributed by atoms with Crippen molar-refractivity contribution < 1.29 is 31.4 Å². The summed E-state index contributed by atoms with van der Waals surface area (Å²) in [5.74, 6) is -1.25. The summed E-state index contributed by atoms with van der Waals surface area (Å²) in [6, 6.07) is 7.89. The molecule has 0 aliphatic carbocycles. The van der Waals surface area contributed by atoms with Gasteiger partial charge in [0.15, 0.2) is 17.9 Å². The van der Waals surface area contributed by atoms with Gasteiger partial charge in [0, 0.05) is 51.9 Å². The van der Waals surface area contributed by atoms with Crippen LogP contribution in [-0.2, 0) is 33.9 Å². The van der Waals surface area contributed by atoms with Crippen LogP contribution < -0.4 is 10.6 Å². The normalized spacial score (nSPS) is 21.5. The topological polar surface area (TPSA) is 138 Å². The summed E-state index contributed by atoms with van der Waals surface area (Å²) < 4.78 is 75.1. The van der Waals surface area contributed by atoms with Crippen molar-refractivity contribution in [1.29, 1.82) is 0 Å². The molecule has 1 aromatic carbocycles. The van der Waals surface area contributed by atoms with Crippen molar-refractivity contribution in [2.75, 3.05) is 56.2 Å². The molecular formula is C29H39F3N8O4S. The lowest BCUT2D eigenvalue weighted by atomic mass is 10.00. The van der Waals surface area contributed by atoms with Gasteiger partial charge in [-0.05, 0) is 49.7 Å². The highest BCUT2D eigenvalue weighted by molar-refractivity contribution is 7.88. The number of benzene rings is 1. The van der Waals surface area contributed by atoms with E-state index in [0.717, 1.165) is 32.1 Å². The minimum Gasteiger partial charge on any atom is -0.390 e. The molecule has 0 bridgehead atoms. The van der Waals surface area contributed by atoms with Crippen LogP contribution in [0, 0.1) is 0 Å². The molecule has 5 heterocycles. The van der Waals surface area contributed by atoms with Gasteiger partial charge in [-0.3, -0.25) is 4.90 Å². The summed E-state index contributed by atoms with van der Waals surface area (Å²) >= 11 is 0. The number of halogens is 3. The number of piperidine rings is 1. The molecule has 0 radical (unpaired) electrons. The Labute approximate surface area is 260 Å². The summed E-state index contributed by atoms with van der Waals surface area (Å²) in [6.45, 7) is 2.92. The third kappa shape index (κ3) is 7.35. The number of rotatable bonds is 9. The Morgan fingerprint density at radius 3 is 2.51 bits per heavy atom.